The summed E-state index contributed by atoms with van der Waals surface area (Å²) in [5.74, 6) is -0.243. The van der Waals surface area contributed by atoms with Gasteiger partial charge in [-0.15, -0.1) is 0 Å². The average molecular weight is 183 g/mol. The second-order valence-corrected chi connectivity index (χ2v) is 2.79. The standard InChI is InChI=1S/C3H8O3S.ClH.Mg/c1-2-3-7(4,5)6;;/h2-3H2,1H3,(H,4,5,6);1H;/q;;+2/p-2. The second-order valence-electron chi connectivity index (χ2n) is 1.26. The van der Waals surface area contributed by atoms with Gasteiger partial charge >= 0.3 is 23.1 Å². The molecule has 0 amide bonds. The van der Waals surface area contributed by atoms with Crippen molar-refractivity contribution in [2.45, 2.75) is 13.3 Å². The Kier molecular flexibility index (Phi) is 13.0. The van der Waals surface area contributed by atoms with Gasteiger partial charge in [-0.1, -0.05) is 6.92 Å². The first-order valence-electron chi connectivity index (χ1n) is 2.00. The Bertz CT molecular complexity index is 132. The molecule has 0 aromatic heterocycles. The van der Waals surface area contributed by atoms with Crippen LogP contribution in [0, 0.1) is 0 Å². The summed E-state index contributed by atoms with van der Waals surface area (Å²) in [6, 6.07) is 0. The van der Waals surface area contributed by atoms with Crippen LogP contribution in [0.4, 0.5) is 0 Å². The Labute approximate surface area is 77.5 Å². The number of hydrogen-bond donors (Lipinski definition) is 0. The molecule has 0 spiro atoms. The molecule has 0 bridgehead atoms. The van der Waals surface area contributed by atoms with Crippen molar-refractivity contribution < 1.29 is 25.4 Å². The maximum absolute atomic E-state index is 9.68. The molecule has 52 valence electrons. The molecular weight excluding hydrogens is 176 g/mol. The third kappa shape index (κ3) is 17.6. The molecule has 0 fully saturated rings. The molecule has 0 aliphatic rings. The zero-order valence-electron chi connectivity index (χ0n) is 5.13. The van der Waals surface area contributed by atoms with Crippen molar-refractivity contribution in [2.75, 3.05) is 5.75 Å². The maximum atomic E-state index is 9.68. The zero-order valence-corrected chi connectivity index (χ0v) is 8.12. The van der Waals surface area contributed by atoms with E-state index in [0.29, 0.717) is 6.42 Å². The summed E-state index contributed by atoms with van der Waals surface area (Å²) in [7, 11) is -3.92. The van der Waals surface area contributed by atoms with Crippen molar-refractivity contribution in [1.82, 2.24) is 0 Å². The van der Waals surface area contributed by atoms with Crippen molar-refractivity contribution in [3.05, 3.63) is 0 Å². The van der Waals surface area contributed by atoms with Crippen LogP contribution in [-0.4, -0.2) is 41.8 Å². The van der Waals surface area contributed by atoms with Crippen molar-refractivity contribution in [3.8, 4) is 0 Å². The van der Waals surface area contributed by atoms with E-state index < -0.39 is 10.1 Å². The van der Waals surface area contributed by atoms with Crippen molar-refractivity contribution in [3.63, 3.8) is 0 Å². The number of halogens is 1. The summed E-state index contributed by atoms with van der Waals surface area (Å²) in [5.41, 5.74) is 0. The van der Waals surface area contributed by atoms with Crippen LogP contribution in [0.3, 0.4) is 0 Å². The van der Waals surface area contributed by atoms with Crippen LogP contribution in [0.25, 0.3) is 0 Å². The van der Waals surface area contributed by atoms with Gasteiger partial charge in [-0.25, -0.2) is 8.42 Å². The first kappa shape index (κ1) is 16.5. The third-order valence-electron chi connectivity index (χ3n) is 0.454. The van der Waals surface area contributed by atoms with E-state index in [1.54, 1.807) is 6.92 Å². The smallest absolute Gasteiger partial charge is 1.00 e. The fourth-order valence-corrected chi connectivity index (χ4v) is 0.750. The summed E-state index contributed by atoms with van der Waals surface area (Å²) >= 11 is 0. The van der Waals surface area contributed by atoms with Crippen molar-refractivity contribution in [2.24, 2.45) is 0 Å². The molecule has 0 heterocycles. The normalized spacial score (nSPS) is 9.11. The van der Waals surface area contributed by atoms with Gasteiger partial charge in [0.05, 0.1) is 10.1 Å². The first-order chi connectivity index (χ1) is 3.06. The average Bonchev–Trinajstić information content (AvgIpc) is 1.30. The predicted octanol–water partition coefficient (Wildman–Crippen LogP) is -3.44. The largest absolute Gasteiger partial charge is 2.00 e. The van der Waals surface area contributed by atoms with Gasteiger partial charge in [0.2, 0.25) is 0 Å². The van der Waals surface area contributed by atoms with Gasteiger partial charge < -0.3 is 17.0 Å². The van der Waals surface area contributed by atoms with E-state index in [9.17, 15) is 13.0 Å². The van der Waals surface area contributed by atoms with E-state index >= 15 is 0 Å². The molecule has 0 N–H and O–H groups in total. The molecule has 0 aliphatic carbocycles. The minimum atomic E-state index is -3.92. The topological polar surface area (TPSA) is 57.2 Å². The van der Waals surface area contributed by atoms with Gasteiger partial charge in [0.1, 0.15) is 0 Å². The van der Waals surface area contributed by atoms with Gasteiger partial charge in [-0.3, -0.25) is 0 Å². The Morgan fingerprint density at radius 3 is 1.78 bits per heavy atom. The fourth-order valence-electron chi connectivity index (χ4n) is 0.250. The summed E-state index contributed by atoms with van der Waals surface area (Å²) in [4.78, 5) is 0. The summed E-state index contributed by atoms with van der Waals surface area (Å²) in [6.07, 6.45) is 0.409. The predicted molar refractivity (Wildman–Crippen MR) is 30.6 cm³/mol. The van der Waals surface area contributed by atoms with Gasteiger partial charge in [0, 0.05) is 5.75 Å². The van der Waals surface area contributed by atoms with Gasteiger partial charge in [-0.05, 0) is 6.42 Å². The van der Waals surface area contributed by atoms with E-state index in [-0.39, 0.29) is 41.2 Å². The van der Waals surface area contributed by atoms with Gasteiger partial charge in [-0.2, -0.15) is 0 Å². The fraction of sp³-hybridized carbons (Fsp3) is 1.00. The number of hydrogen-bond acceptors (Lipinski definition) is 3. The summed E-state index contributed by atoms with van der Waals surface area (Å²) in [5, 5.41) is 0. The molecular formula is C3H7ClMgO3S. The first-order valence-corrected chi connectivity index (χ1v) is 3.57. The third-order valence-corrected chi connectivity index (χ3v) is 1.36. The van der Waals surface area contributed by atoms with Gasteiger partial charge in [0.25, 0.3) is 0 Å². The van der Waals surface area contributed by atoms with Crippen LogP contribution in [0.15, 0.2) is 0 Å². The summed E-state index contributed by atoms with van der Waals surface area (Å²) in [6.45, 7) is 1.65. The van der Waals surface area contributed by atoms with Gasteiger partial charge in [0.15, 0.2) is 0 Å². The van der Waals surface area contributed by atoms with E-state index in [1.165, 1.54) is 0 Å². The monoisotopic (exact) mass is 182 g/mol. The molecule has 0 aromatic carbocycles. The van der Waals surface area contributed by atoms with Crippen LogP contribution in [0.1, 0.15) is 13.3 Å². The van der Waals surface area contributed by atoms with Crippen LogP contribution in [-0.2, 0) is 10.1 Å². The molecule has 0 atom stereocenters. The minimum Gasteiger partial charge on any atom is -1.00 e. The minimum absolute atomic E-state index is 0. The van der Waals surface area contributed by atoms with Crippen molar-refractivity contribution in [1.29, 1.82) is 0 Å². The van der Waals surface area contributed by atoms with E-state index in [0.717, 1.165) is 0 Å². The van der Waals surface area contributed by atoms with Crippen LogP contribution >= 0.6 is 0 Å². The van der Waals surface area contributed by atoms with Crippen LogP contribution in [0.5, 0.6) is 0 Å². The molecule has 0 saturated carbocycles. The molecule has 0 rings (SSSR count). The van der Waals surface area contributed by atoms with Crippen molar-refractivity contribution >= 4 is 33.2 Å². The molecule has 0 aliphatic heterocycles. The van der Waals surface area contributed by atoms with E-state index in [2.05, 4.69) is 0 Å². The molecule has 0 radical (unpaired) electrons. The Morgan fingerprint density at radius 1 is 1.44 bits per heavy atom. The summed E-state index contributed by atoms with van der Waals surface area (Å²) < 4.78 is 29.0. The molecule has 0 saturated heterocycles. The van der Waals surface area contributed by atoms with Crippen LogP contribution in [0.2, 0.25) is 0 Å². The molecule has 0 aromatic rings. The zero-order chi connectivity index (χ0) is 5.91. The maximum Gasteiger partial charge on any atom is 2.00 e. The van der Waals surface area contributed by atoms with Crippen LogP contribution < -0.4 is 12.4 Å². The number of rotatable bonds is 2. The Morgan fingerprint density at radius 2 is 1.78 bits per heavy atom. The van der Waals surface area contributed by atoms with E-state index in [1.807, 2.05) is 0 Å². The van der Waals surface area contributed by atoms with E-state index in [4.69, 9.17) is 0 Å². The molecule has 3 nitrogen and oxygen atoms in total. The molecule has 9 heavy (non-hydrogen) atoms. The molecule has 6 heteroatoms. The SMILES string of the molecule is CCCS(=O)(=O)[O-].[Cl-].[Mg+2]. The second kappa shape index (κ2) is 7.08. The Balaban J connectivity index is -0.000000180. The Hall–Kier alpha value is 0.966. The quantitative estimate of drug-likeness (QED) is 0.330. The molecule has 0 unspecified atom stereocenters.